The van der Waals surface area contributed by atoms with Crippen LogP contribution >= 0.6 is 0 Å². The number of nitrogens with zero attached hydrogens (tertiary/aromatic N) is 7. The van der Waals surface area contributed by atoms with Gasteiger partial charge >= 0.3 is 0 Å². The van der Waals surface area contributed by atoms with Crippen LogP contribution in [-0.2, 0) is 0 Å². The van der Waals surface area contributed by atoms with Crippen LogP contribution in [-0.4, -0.2) is 97.3 Å². The van der Waals surface area contributed by atoms with Crippen molar-refractivity contribution in [2.24, 2.45) is 0 Å². The number of nitrogens with two attached hydrogens (primary N) is 1. The molecule has 32 heavy (non-hydrogen) atoms. The Bertz CT molecular complexity index is 1080. The third kappa shape index (κ3) is 4.66. The molecule has 0 radical (unpaired) electrons. The number of ether oxygens (including phenoxy) is 2. The smallest absolute Gasteiger partial charge is 0.224 e. The van der Waals surface area contributed by atoms with E-state index in [-0.39, 0.29) is 5.95 Å². The van der Waals surface area contributed by atoms with Crippen LogP contribution in [0, 0.1) is 0 Å². The lowest BCUT2D eigenvalue weighted by Gasteiger charge is -2.36. The van der Waals surface area contributed by atoms with Crippen molar-refractivity contribution in [1.82, 2.24) is 29.7 Å². The van der Waals surface area contributed by atoms with Crippen molar-refractivity contribution in [3.05, 3.63) is 24.4 Å². The molecule has 10 nitrogen and oxygen atoms in total. The van der Waals surface area contributed by atoms with Gasteiger partial charge < -0.3 is 25.0 Å². The number of benzene rings is 1. The SMILES string of the molecule is COc1ccc(-c2cnc3nc(N)nc(N4CCN(CCN(C)C)CC4)c3n2)cc1OC. The average Bonchev–Trinajstić information content (AvgIpc) is 2.81. The van der Waals surface area contributed by atoms with Crippen LogP contribution < -0.4 is 20.1 Å². The largest absolute Gasteiger partial charge is 0.493 e. The van der Waals surface area contributed by atoms with E-state index in [9.17, 15) is 0 Å². The lowest BCUT2D eigenvalue weighted by Crippen LogP contribution is -2.48. The summed E-state index contributed by atoms with van der Waals surface area (Å²) in [4.78, 5) is 25.1. The molecule has 1 fully saturated rings. The number of fused-ring (bicyclic) bond motifs is 1. The molecule has 1 aliphatic rings. The third-order valence-corrected chi connectivity index (χ3v) is 5.62. The van der Waals surface area contributed by atoms with Crippen molar-refractivity contribution in [3.8, 4) is 22.8 Å². The number of hydrogen-bond donors (Lipinski definition) is 1. The Balaban J connectivity index is 1.64. The van der Waals surface area contributed by atoms with Gasteiger partial charge in [0.15, 0.2) is 28.5 Å². The molecule has 0 saturated carbocycles. The summed E-state index contributed by atoms with van der Waals surface area (Å²) >= 11 is 0. The molecule has 1 saturated heterocycles. The maximum Gasteiger partial charge on any atom is 0.224 e. The van der Waals surface area contributed by atoms with Crippen LogP contribution in [0.5, 0.6) is 11.5 Å². The molecule has 170 valence electrons. The summed E-state index contributed by atoms with van der Waals surface area (Å²) in [7, 11) is 7.42. The summed E-state index contributed by atoms with van der Waals surface area (Å²) in [6, 6.07) is 5.67. The highest BCUT2D eigenvalue weighted by molar-refractivity contribution is 5.86. The van der Waals surface area contributed by atoms with Crippen molar-refractivity contribution in [3.63, 3.8) is 0 Å². The van der Waals surface area contributed by atoms with Crippen LogP contribution in [0.15, 0.2) is 24.4 Å². The molecule has 0 aliphatic carbocycles. The second-order valence-electron chi connectivity index (χ2n) is 8.03. The zero-order valence-corrected chi connectivity index (χ0v) is 19.1. The van der Waals surface area contributed by atoms with Crippen molar-refractivity contribution < 1.29 is 9.47 Å². The highest BCUT2D eigenvalue weighted by Crippen LogP contribution is 2.32. The molecule has 2 aromatic heterocycles. The van der Waals surface area contributed by atoms with E-state index in [2.05, 4.69) is 43.7 Å². The predicted molar refractivity (Wildman–Crippen MR) is 125 cm³/mol. The van der Waals surface area contributed by atoms with E-state index >= 15 is 0 Å². The van der Waals surface area contributed by atoms with E-state index in [1.54, 1.807) is 20.4 Å². The number of hydrogen-bond acceptors (Lipinski definition) is 10. The van der Waals surface area contributed by atoms with Gasteiger partial charge in [-0.05, 0) is 32.3 Å². The first-order chi connectivity index (χ1) is 15.5. The highest BCUT2D eigenvalue weighted by atomic mass is 16.5. The standard InChI is InChI=1S/C22H30N8O2/c1-28(2)7-8-29-9-11-30(12-10-29)21-19-20(26-22(23)27-21)24-14-16(25-19)15-5-6-17(31-3)18(13-15)32-4/h5-6,13-14H,7-12H2,1-4H3,(H2,23,24,26,27). The van der Waals surface area contributed by atoms with E-state index < -0.39 is 0 Å². The lowest BCUT2D eigenvalue weighted by atomic mass is 10.1. The first-order valence-electron chi connectivity index (χ1n) is 10.6. The Morgan fingerprint density at radius 2 is 1.75 bits per heavy atom. The van der Waals surface area contributed by atoms with Crippen LogP contribution in [0.1, 0.15) is 0 Å². The van der Waals surface area contributed by atoms with Gasteiger partial charge in [0.25, 0.3) is 0 Å². The Morgan fingerprint density at radius 1 is 1.00 bits per heavy atom. The maximum atomic E-state index is 6.00. The number of nitrogen functional groups attached to an aromatic ring is 1. The van der Waals surface area contributed by atoms with Gasteiger partial charge in [-0.25, -0.2) is 9.97 Å². The van der Waals surface area contributed by atoms with Gasteiger partial charge in [0.1, 0.15) is 0 Å². The van der Waals surface area contributed by atoms with Gasteiger partial charge in [-0.1, -0.05) is 0 Å². The summed E-state index contributed by atoms with van der Waals surface area (Å²) in [6.45, 7) is 5.72. The fourth-order valence-corrected chi connectivity index (χ4v) is 3.79. The summed E-state index contributed by atoms with van der Waals surface area (Å²) < 4.78 is 10.8. The topological polar surface area (TPSA) is 106 Å². The van der Waals surface area contributed by atoms with Crippen molar-refractivity contribution in [2.75, 3.05) is 78.2 Å². The van der Waals surface area contributed by atoms with Crippen molar-refractivity contribution >= 4 is 22.9 Å². The molecule has 0 atom stereocenters. The van der Waals surface area contributed by atoms with Crippen molar-refractivity contribution in [2.45, 2.75) is 0 Å². The fraction of sp³-hybridized carbons (Fsp3) is 0.455. The third-order valence-electron chi connectivity index (χ3n) is 5.62. The summed E-state index contributed by atoms with van der Waals surface area (Å²) in [5.41, 5.74) is 8.71. The number of anilines is 2. The van der Waals surface area contributed by atoms with Crippen LogP contribution in [0.3, 0.4) is 0 Å². The fourth-order valence-electron chi connectivity index (χ4n) is 3.79. The maximum absolute atomic E-state index is 6.00. The quantitative estimate of drug-likeness (QED) is 0.581. The molecule has 1 aromatic carbocycles. The van der Waals surface area contributed by atoms with Gasteiger partial charge in [0.2, 0.25) is 5.95 Å². The molecular formula is C22H30N8O2. The molecule has 4 rings (SSSR count). The van der Waals surface area contributed by atoms with Crippen molar-refractivity contribution in [1.29, 1.82) is 0 Å². The van der Waals surface area contributed by atoms with E-state index in [1.165, 1.54) is 0 Å². The minimum absolute atomic E-state index is 0.204. The molecule has 0 unspecified atom stereocenters. The first kappa shape index (κ1) is 22.0. The van der Waals surface area contributed by atoms with Crippen LogP contribution in [0.4, 0.5) is 11.8 Å². The Morgan fingerprint density at radius 3 is 2.44 bits per heavy atom. The Labute approximate surface area is 188 Å². The second-order valence-corrected chi connectivity index (χ2v) is 8.03. The van der Waals surface area contributed by atoms with Gasteiger partial charge in [-0.2, -0.15) is 9.97 Å². The number of piperazine rings is 1. The van der Waals surface area contributed by atoms with E-state index in [1.807, 2.05) is 18.2 Å². The molecule has 0 amide bonds. The molecule has 0 spiro atoms. The Kier molecular flexibility index (Phi) is 6.52. The zero-order chi connectivity index (χ0) is 22.7. The number of rotatable bonds is 7. The van der Waals surface area contributed by atoms with Gasteiger partial charge in [0, 0.05) is 44.8 Å². The first-order valence-corrected chi connectivity index (χ1v) is 10.6. The second kappa shape index (κ2) is 9.49. The van der Waals surface area contributed by atoms with Crippen LogP contribution in [0.2, 0.25) is 0 Å². The number of methoxy groups -OCH3 is 2. The molecule has 3 aromatic rings. The normalized spacial score (nSPS) is 14.8. The summed E-state index contributed by atoms with van der Waals surface area (Å²) in [5.74, 6) is 2.23. The monoisotopic (exact) mass is 438 g/mol. The zero-order valence-electron chi connectivity index (χ0n) is 19.1. The summed E-state index contributed by atoms with van der Waals surface area (Å²) in [6.07, 6.45) is 1.69. The molecule has 10 heteroatoms. The van der Waals surface area contributed by atoms with E-state index in [0.29, 0.717) is 28.4 Å². The summed E-state index contributed by atoms with van der Waals surface area (Å²) in [5, 5.41) is 0. The van der Waals surface area contributed by atoms with E-state index in [4.69, 9.17) is 20.2 Å². The van der Waals surface area contributed by atoms with E-state index in [0.717, 1.165) is 50.6 Å². The molecule has 1 aliphatic heterocycles. The Hall–Kier alpha value is -3.24. The molecule has 3 heterocycles. The lowest BCUT2D eigenvalue weighted by molar-refractivity contribution is 0.229. The van der Waals surface area contributed by atoms with Gasteiger partial charge in [-0.3, -0.25) is 4.90 Å². The highest BCUT2D eigenvalue weighted by Gasteiger charge is 2.22. The van der Waals surface area contributed by atoms with Gasteiger partial charge in [-0.15, -0.1) is 0 Å². The average molecular weight is 439 g/mol. The molecule has 2 N–H and O–H groups in total. The van der Waals surface area contributed by atoms with Gasteiger partial charge in [0.05, 0.1) is 26.1 Å². The minimum atomic E-state index is 0.204. The number of likely N-dealkylation sites (N-methyl/N-ethyl adjacent to an activating group) is 1. The molecule has 0 bridgehead atoms. The number of aromatic nitrogens is 4. The van der Waals surface area contributed by atoms with Crippen LogP contribution in [0.25, 0.3) is 22.4 Å². The molecular weight excluding hydrogens is 408 g/mol. The minimum Gasteiger partial charge on any atom is -0.493 e. The predicted octanol–water partition coefficient (Wildman–Crippen LogP) is 1.37.